The molecule has 7 rings (SSSR count). The van der Waals surface area contributed by atoms with Crippen LogP contribution in [0.2, 0.25) is 0 Å². The van der Waals surface area contributed by atoms with Gasteiger partial charge in [0.15, 0.2) is 0 Å². The summed E-state index contributed by atoms with van der Waals surface area (Å²) in [6.07, 6.45) is 19.9. The zero-order valence-corrected chi connectivity index (χ0v) is 51.6. The van der Waals surface area contributed by atoms with E-state index >= 15 is 0 Å². The molecule has 0 saturated carbocycles. The molecule has 0 radical (unpaired) electrons. The molecule has 0 aliphatic rings. The molecule has 0 aliphatic heterocycles. The minimum Gasteiger partial charge on any atom is -0.491 e. The van der Waals surface area contributed by atoms with Gasteiger partial charge in [-0.3, -0.25) is 19.9 Å². The van der Waals surface area contributed by atoms with Crippen molar-refractivity contribution in [2.75, 3.05) is 0 Å². The maximum atomic E-state index is 5.54. The molecule has 0 atom stereocenters. The van der Waals surface area contributed by atoms with Gasteiger partial charge in [-0.2, -0.15) is 0 Å². The highest BCUT2D eigenvalue weighted by molar-refractivity contribution is 8.01. The number of hydrogen-bond donors (Lipinski definition) is 0. The Bertz CT molecular complexity index is 2210. The van der Waals surface area contributed by atoms with Crippen molar-refractivity contribution in [2.45, 2.75) is 189 Å². The fraction of sp³-hybridized carbons (Fsp3) is 0.426. The maximum Gasteiger partial charge on any atom is 0.213 e. The van der Waals surface area contributed by atoms with Gasteiger partial charge in [0.1, 0.15) is 22.7 Å². The Morgan fingerprint density at radius 1 is 0.413 bits per heavy atom. The number of thioether (sulfide) groups is 4. The smallest absolute Gasteiger partial charge is 0.213 e. The third-order valence-electron chi connectivity index (χ3n) is 7.57. The van der Waals surface area contributed by atoms with E-state index in [4.69, 9.17) is 14.2 Å². The Labute approximate surface area is 470 Å². The number of aryl methyl sites for hydroxylation is 1. The van der Waals surface area contributed by atoms with Crippen molar-refractivity contribution in [3.8, 4) is 17.4 Å². The minimum absolute atomic E-state index is 0.136. The van der Waals surface area contributed by atoms with Gasteiger partial charge < -0.3 is 14.2 Å². The number of aromatic nitrogens is 7. The normalized spacial score (nSPS) is 10.9. The van der Waals surface area contributed by atoms with Crippen molar-refractivity contribution in [1.29, 1.82) is 0 Å². The highest BCUT2D eigenvalue weighted by Crippen LogP contribution is 2.32. The van der Waals surface area contributed by atoms with Crippen LogP contribution in [0.4, 0.5) is 0 Å². The van der Waals surface area contributed by atoms with E-state index in [1.807, 2.05) is 207 Å². The predicted molar refractivity (Wildman–Crippen MR) is 324 cm³/mol. The molecule has 0 N–H and O–H groups in total. The Hall–Kier alpha value is -5.15. The summed E-state index contributed by atoms with van der Waals surface area (Å²) in [4.78, 5) is 30.9. The third-order valence-corrected chi connectivity index (χ3v) is 11.9. The monoisotopic (exact) mass is 1090 g/mol. The van der Waals surface area contributed by atoms with E-state index < -0.39 is 0 Å². The maximum absolute atomic E-state index is 5.54. The Morgan fingerprint density at radius 3 is 1.36 bits per heavy atom. The van der Waals surface area contributed by atoms with Crippen molar-refractivity contribution in [1.82, 2.24) is 34.9 Å². The molecule has 0 aliphatic carbocycles. The number of pyridine rings is 7. The highest BCUT2D eigenvalue weighted by Gasteiger charge is 2.15. The lowest BCUT2D eigenvalue weighted by atomic mass is 10.2. The third kappa shape index (κ3) is 41.7. The van der Waals surface area contributed by atoms with Crippen molar-refractivity contribution in [3.63, 3.8) is 0 Å². The summed E-state index contributed by atoms with van der Waals surface area (Å²) in [5, 5.41) is 3.54. The molecule has 0 aromatic carbocycles. The van der Waals surface area contributed by atoms with Crippen LogP contribution < -0.4 is 14.2 Å². The summed E-state index contributed by atoms with van der Waals surface area (Å²) >= 11 is 7.30. The molecule has 7 heterocycles. The fourth-order valence-corrected chi connectivity index (χ4v) is 8.59. The summed E-state index contributed by atoms with van der Waals surface area (Å²) in [5.41, 5.74) is 0.967. The fourth-order valence-electron chi connectivity index (χ4n) is 5.14. The first-order valence-electron chi connectivity index (χ1n) is 25.2. The van der Waals surface area contributed by atoms with E-state index in [9.17, 15) is 0 Å². The van der Waals surface area contributed by atoms with Gasteiger partial charge in [-0.05, 0) is 141 Å². The first-order chi connectivity index (χ1) is 35.1. The van der Waals surface area contributed by atoms with Gasteiger partial charge in [-0.15, -0.1) is 47.0 Å². The average molecular weight is 1090 g/mol. The van der Waals surface area contributed by atoms with Crippen molar-refractivity contribution in [3.05, 3.63) is 171 Å². The van der Waals surface area contributed by atoms with E-state index in [1.165, 1.54) is 15.4 Å². The molecule has 0 unspecified atom stereocenters. The van der Waals surface area contributed by atoms with E-state index in [1.54, 1.807) is 48.9 Å². The summed E-state index contributed by atoms with van der Waals surface area (Å²) in [6, 6.07) is 31.3. The molecule has 14 heteroatoms. The van der Waals surface area contributed by atoms with Crippen LogP contribution in [-0.4, -0.2) is 72.2 Å². The topological polar surface area (TPSA) is 118 Å². The van der Waals surface area contributed by atoms with E-state index in [-0.39, 0.29) is 26.8 Å². The first kappa shape index (κ1) is 67.9. The second-order valence-corrected chi connectivity index (χ2v) is 28.0. The molecule has 75 heavy (non-hydrogen) atoms. The van der Waals surface area contributed by atoms with Crippen LogP contribution in [-0.2, 0) is 0 Å². The molecular weight excluding hydrogens is 1010 g/mol. The molecule has 0 amide bonds. The standard InChI is InChI=1S/C10H15NS.2C9H13NO.C9H13NS.C8H11NO.2C8H11NS/c1-8-6-5-7-11-9(8)12-10(2,3)4;1-9(2,3)11-8-5-4-6-10-7-8;2*1-9(2,3)11-8-6-4-5-7-10-8;2*1-7(2)10-8-3-5-9-6-4-8;1-7(2)10-8-4-3-5-9-6-8/h5-7H,1-4H3;3*4-7H,1-3H3;3*3-7H,1-2H3. The summed E-state index contributed by atoms with van der Waals surface area (Å²) < 4.78 is 16.9. The second-order valence-electron chi connectivity index (χ2n) is 21.1. The van der Waals surface area contributed by atoms with Crippen LogP contribution in [0.3, 0.4) is 0 Å². The molecule has 0 fully saturated rings. The van der Waals surface area contributed by atoms with Crippen LogP contribution in [0.5, 0.6) is 17.4 Å². The minimum atomic E-state index is -0.158. The Balaban J connectivity index is 0.000000438. The number of hydrogen-bond acceptors (Lipinski definition) is 14. The molecule has 7 aromatic heterocycles. The molecule has 0 saturated heterocycles. The largest absolute Gasteiger partial charge is 0.491 e. The molecule has 0 bridgehead atoms. The first-order valence-corrected chi connectivity index (χ1v) is 28.6. The second kappa shape index (κ2) is 36.8. The Morgan fingerprint density at radius 2 is 0.920 bits per heavy atom. The summed E-state index contributed by atoms with van der Waals surface area (Å²) in [7, 11) is 0. The average Bonchev–Trinajstić information content (AvgIpc) is 3.31. The van der Waals surface area contributed by atoms with E-state index in [0.29, 0.717) is 16.4 Å². The van der Waals surface area contributed by atoms with Crippen molar-refractivity contribution < 1.29 is 14.2 Å². The lowest BCUT2D eigenvalue weighted by Crippen LogP contribution is -2.23. The SMILES string of the molecule is CC(C)(C)Oc1ccccn1.CC(C)(C)Oc1cccnc1.CC(C)(C)Sc1ccccn1.CC(C)Oc1ccncc1.CC(C)Sc1cccnc1.CC(C)Sc1ccncc1.Cc1cccnc1SC(C)(C)C. The number of ether oxygens (including phenoxy) is 3. The van der Waals surface area contributed by atoms with Gasteiger partial charge in [0.2, 0.25) is 5.88 Å². The molecular formula is C61H87N7O3S4. The van der Waals surface area contributed by atoms with Crippen LogP contribution in [0, 0.1) is 6.92 Å². The predicted octanol–water partition coefficient (Wildman–Crippen LogP) is 17.8. The van der Waals surface area contributed by atoms with Crippen LogP contribution in [0.15, 0.2) is 185 Å². The summed E-state index contributed by atoms with van der Waals surface area (Å²) in [5.74, 6) is 2.38. The molecule has 408 valence electrons. The zero-order valence-electron chi connectivity index (χ0n) is 48.3. The Kier molecular flexibility index (Phi) is 33.3. The number of rotatable bonds is 10. The van der Waals surface area contributed by atoms with Gasteiger partial charge >= 0.3 is 0 Å². The van der Waals surface area contributed by atoms with Crippen LogP contribution in [0.1, 0.15) is 130 Å². The van der Waals surface area contributed by atoms with Gasteiger partial charge in [-0.1, -0.05) is 87.4 Å². The number of nitrogens with zero attached hydrogens (tertiary/aromatic N) is 7. The molecule has 7 aromatic rings. The van der Waals surface area contributed by atoms with E-state index in [2.05, 4.69) is 123 Å². The van der Waals surface area contributed by atoms with Crippen molar-refractivity contribution in [2.24, 2.45) is 0 Å². The lowest BCUT2D eigenvalue weighted by molar-refractivity contribution is 0.124. The van der Waals surface area contributed by atoms with Gasteiger partial charge in [0.05, 0.1) is 22.4 Å². The summed E-state index contributed by atoms with van der Waals surface area (Å²) in [6.45, 7) is 40.0. The zero-order chi connectivity index (χ0) is 56.3. The van der Waals surface area contributed by atoms with Gasteiger partial charge in [0, 0.05) is 97.8 Å². The van der Waals surface area contributed by atoms with Gasteiger partial charge in [0.25, 0.3) is 0 Å². The molecule has 10 nitrogen and oxygen atoms in total. The van der Waals surface area contributed by atoms with Crippen molar-refractivity contribution >= 4 is 47.0 Å². The van der Waals surface area contributed by atoms with E-state index in [0.717, 1.165) is 21.6 Å². The van der Waals surface area contributed by atoms with Crippen LogP contribution in [0.25, 0.3) is 0 Å². The van der Waals surface area contributed by atoms with Gasteiger partial charge in [-0.25, -0.2) is 15.0 Å². The lowest BCUT2D eigenvalue weighted by Gasteiger charge is -2.20. The molecule has 0 spiro atoms. The highest BCUT2D eigenvalue weighted by atomic mass is 32.2. The van der Waals surface area contributed by atoms with Crippen LogP contribution >= 0.6 is 47.0 Å². The quantitative estimate of drug-likeness (QED) is 0.121.